The minimum absolute atomic E-state index is 0.0304. The van der Waals surface area contributed by atoms with Crippen LogP contribution in [0.4, 0.5) is 15.8 Å². The monoisotopic (exact) mass is 376 g/mol. The summed E-state index contributed by atoms with van der Waals surface area (Å²) in [5, 5.41) is 5.17. The number of anilines is 2. The van der Waals surface area contributed by atoms with Gasteiger partial charge in [-0.2, -0.15) is 0 Å². The highest BCUT2D eigenvalue weighted by molar-refractivity contribution is 8.00. The third kappa shape index (κ3) is 7.35. The minimum atomic E-state index is -0.590. The van der Waals surface area contributed by atoms with E-state index >= 15 is 0 Å². The molecule has 0 atom stereocenters. The van der Waals surface area contributed by atoms with Crippen LogP contribution in [0.25, 0.3) is 0 Å². The molecule has 0 heterocycles. The lowest BCUT2D eigenvalue weighted by Gasteiger charge is -2.07. The van der Waals surface area contributed by atoms with Crippen molar-refractivity contribution in [2.45, 2.75) is 0 Å². The van der Waals surface area contributed by atoms with E-state index < -0.39 is 24.3 Å². The molecule has 136 valence electrons. The molecule has 0 saturated carbocycles. The summed E-state index contributed by atoms with van der Waals surface area (Å²) < 4.78 is 17.6. The van der Waals surface area contributed by atoms with Crippen molar-refractivity contribution >= 4 is 40.9 Å². The second-order valence-electron chi connectivity index (χ2n) is 5.12. The van der Waals surface area contributed by atoms with Gasteiger partial charge in [-0.3, -0.25) is 14.4 Å². The maximum Gasteiger partial charge on any atom is 0.316 e. The van der Waals surface area contributed by atoms with E-state index in [1.54, 1.807) is 24.3 Å². The lowest BCUT2D eigenvalue weighted by Crippen LogP contribution is -2.22. The zero-order valence-corrected chi connectivity index (χ0v) is 14.6. The number of halogens is 1. The first-order valence-electron chi connectivity index (χ1n) is 7.66. The molecule has 0 fully saturated rings. The zero-order valence-electron chi connectivity index (χ0n) is 13.7. The van der Waals surface area contributed by atoms with Gasteiger partial charge in [0.1, 0.15) is 5.82 Å². The number of hydrogen-bond donors (Lipinski definition) is 2. The molecule has 6 nitrogen and oxygen atoms in total. The molecular weight excluding hydrogens is 359 g/mol. The van der Waals surface area contributed by atoms with Crippen LogP contribution < -0.4 is 10.6 Å². The van der Waals surface area contributed by atoms with E-state index in [1.807, 2.05) is 6.07 Å². The minimum Gasteiger partial charge on any atom is -0.455 e. The molecule has 0 aliphatic heterocycles. The standard InChI is InChI=1S/C18H17FN2O4S/c19-13-6-8-15(9-7-13)21-17(23)11-26-12-18(24)25-10-16(22)20-14-4-2-1-3-5-14/h1-9H,10-12H2,(H,20,22)(H,21,23). The van der Waals surface area contributed by atoms with Gasteiger partial charge in [-0.15, -0.1) is 11.8 Å². The van der Waals surface area contributed by atoms with Crippen molar-refractivity contribution in [2.24, 2.45) is 0 Å². The van der Waals surface area contributed by atoms with Gasteiger partial charge in [0.25, 0.3) is 5.91 Å². The van der Waals surface area contributed by atoms with Gasteiger partial charge in [0.2, 0.25) is 5.91 Å². The Hall–Kier alpha value is -2.87. The second-order valence-corrected chi connectivity index (χ2v) is 6.11. The van der Waals surface area contributed by atoms with E-state index in [2.05, 4.69) is 10.6 Å². The quantitative estimate of drug-likeness (QED) is 0.692. The summed E-state index contributed by atoms with van der Waals surface area (Å²) in [6, 6.07) is 14.2. The molecule has 0 radical (unpaired) electrons. The van der Waals surface area contributed by atoms with E-state index in [0.717, 1.165) is 11.8 Å². The summed E-state index contributed by atoms with van der Waals surface area (Å²) in [6.45, 7) is -0.393. The van der Waals surface area contributed by atoms with E-state index in [9.17, 15) is 18.8 Å². The molecule has 0 saturated heterocycles. The molecule has 8 heteroatoms. The highest BCUT2D eigenvalue weighted by Gasteiger charge is 2.10. The summed E-state index contributed by atoms with van der Waals surface area (Å²) in [5.74, 6) is -1.78. The first kappa shape index (κ1) is 19.5. The Morgan fingerprint density at radius 1 is 0.846 bits per heavy atom. The average molecular weight is 376 g/mol. The van der Waals surface area contributed by atoms with E-state index in [0.29, 0.717) is 11.4 Å². The Labute approximate surface area is 154 Å². The predicted octanol–water partition coefficient (Wildman–Crippen LogP) is 2.68. The summed E-state index contributed by atoms with van der Waals surface area (Å²) >= 11 is 1.06. The van der Waals surface area contributed by atoms with Crippen LogP contribution in [0.15, 0.2) is 54.6 Å². The Balaban J connectivity index is 1.60. The summed E-state index contributed by atoms with van der Waals surface area (Å²) in [7, 11) is 0. The van der Waals surface area contributed by atoms with E-state index in [4.69, 9.17) is 4.74 Å². The van der Waals surface area contributed by atoms with Crippen molar-refractivity contribution < 1.29 is 23.5 Å². The van der Waals surface area contributed by atoms with Crippen molar-refractivity contribution in [1.82, 2.24) is 0 Å². The number of rotatable bonds is 8. The van der Waals surface area contributed by atoms with Gasteiger partial charge in [-0.1, -0.05) is 18.2 Å². The molecule has 0 aromatic heterocycles. The van der Waals surface area contributed by atoms with Crippen LogP contribution in [-0.2, 0) is 19.1 Å². The molecule has 2 rings (SSSR count). The Bertz CT molecular complexity index is 754. The smallest absolute Gasteiger partial charge is 0.316 e. The molecule has 26 heavy (non-hydrogen) atoms. The first-order valence-corrected chi connectivity index (χ1v) is 8.82. The highest BCUT2D eigenvalue weighted by Crippen LogP contribution is 2.10. The predicted molar refractivity (Wildman–Crippen MR) is 98.4 cm³/mol. The number of ether oxygens (including phenoxy) is 1. The summed E-state index contributed by atoms with van der Waals surface area (Å²) in [4.78, 5) is 34.9. The SMILES string of the molecule is O=C(COC(=O)CSCC(=O)Nc1ccc(F)cc1)Nc1ccccc1. The number of nitrogens with one attached hydrogen (secondary N) is 2. The van der Waals surface area contributed by atoms with Crippen molar-refractivity contribution in [3.8, 4) is 0 Å². The van der Waals surface area contributed by atoms with Gasteiger partial charge < -0.3 is 15.4 Å². The van der Waals surface area contributed by atoms with Gasteiger partial charge >= 0.3 is 5.97 Å². The molecule has 2 aromatic rings. The molecule has 0 unspecified atom stereocenters. The number of benzene rings is 2. The third-order valence-electron chi connectivity index (χ3n) is 3.00. The van der Waals surface area contributed by atoms with Crippen molar-refractivity contribution in [1.29, 1.82) is 0 Å². The van der Waals surface area contributed by atoms with E-state index in [-0.39, 0.29) is 17.4 Å². The molecule has 0 spiro atoms. The average Bonchev–Trinajstić information content (AvgIpc) is 2.63. The lowest BCUT2D eigenvalue weighted by molar-refractivity contribution is -0.144. The van der Waals surface area contributed by atoms with Crippen LogP contribution in [0.3, 0.4) is 0 Å². The fourth-order valence-electron chi connectivity index (χ4n) is 1.86. The zero-order chi connectivity index (χ0) is 18.8. The van der Waals surface area contributed by atoms with Crippen LogP contribution >= 0.6 is 11.8 Å². The summed E-state index contributed by atoms with van der Waals surface area (Å²) in [5.41, 5.74) is 1.08. The Morgan fingerprint density at radius 3 is 2.15 bits per heavy atom. The Kier molecular flexibility index (Phi) is 7.63. The maximum atomic E-state index is 12.8. The number of thioether (sulfide) groups is 1. The molecular formula is C18H17FN2O4S. The number of amides is 2. The Morgan fingerprint density at radius 2 is 1.46 bits per heavy atom. The van der Waals surface area contributed by atoms with E-state index in [1.165, 1.54) is 24.3 Å². The number of para-hydroxylation sites is 1. The van der Waals surface area contributed by atoms with Gasteiger partial charge in [-0.05, 0) is 36.4 Å². The normalized spacial score (nSPS) is 10.0. The topological polar surface area (TPSA) is 84.5 Å². The number of carbonyl (C=O) groups is 3. The largest absolute Gasteiger partial charge is 0.455 e. The maximum absolute atomic E-state index is 12.8. The van der Waals surface area contributed by atoms with Crippen molar-refractivity contribution in [3.63, 3.8) is 0 Å². The van der Waals surface area contributed by atoms with Gasteiger partial charge in [0.15, 0.2) is 6.61 Å². The van der Waals surface area contributed by atoms with Crippen LogP contribution in [0.2, 0.25) is 0 Å². The molecule has 0 aliphatic rings. The van der Waals surface area contributed by atoms with Crippen LogP contribution in [0.5, 0.6) is 0 Å². The van der Waals surface area contributed by atoms with Crippen molar-refractivity contribution in [3.05, 3.63) is 60.4 Å². The third-order valence-corrected chi connectivity index (χ3v) is 3.91. The second kappa shape index (κ2) is 10.2. The molecule has 2 N–H and O–H groups in total. The number of esters is 1. The fraction of sp³-hybridized carbons (Fsp3) is 0.167. The molecule has 0 aliphatic carbocycles. The molecule has 2 aromatic carbocycles. The fourth-order valence-corrected chi connectivity index (χ4v) is 2.47. The first-order chi connectivity index (χ1) is 12.5. The van der Waals surface area contributed by atoms with Gasteiger partial charge in [0, 0.05) is 11.4 Å². The van der Waals surface area contributed by atoms with Gasteiger partial charge in [0.05, 0.1) is 11.5 Å². The molecule has 2 amide bonds. The highest BCUT2D eigenvalue weighted by atomic mass is 32.2. The molecule has 0 bridgehead atoms. The lowest BCUT2D eigenvalue weighted by atomic mass is 10.3. The van der Waals surface area contributed by atoms with Crippen LogP contribution in [0.1, 0.15) is 0 Å². The van der Waals surface area contributed by atoms with Crippen LogP contribution in [0, 0.1) is 5.82 Å². The number of hydrogen-bond acceptors (Lipinski definition) is 5. The number of carbonyl (C=O) groups excluding carboxylic acids is 3. The van der Waals surface area contributed by atoms with Crippen molar-refractivity contribution in [2.75, 3.05) is 28.7 Å². The summed E-state index contributed by atoms with van der Waals surface area (Å²) in [6.07, 6.45) is 0. The van der Waals surface area contributed by atoms with Gasteiger partial charge in [-0.25, -0.2) is 4.39 Å². The van der Waals surface area contributed by atoms with Crippen LogP contribution in [-0.4, -0.2) is 35.9 Å².